The van der Waals surface area contributed by atoms with Gasteiger partial charge in [-0.2, -0.15) is 0 Å². The van der Waals surface area contributed by atoms with Gasteiger partial charge >= 0.3 is 0 Å². The van der Waals surface area contributed by atoms with E-state index < -0.39 is 0 Å². The molecule has 0 aliphatic carbocycles. The first kappa shape index (κ1) is 14.5. The summed E-state index contributed by atoms with van der Waals surface area (Å²) >= 11 is 8.41. The largest absolute Gasteiger partial charge is 0.399 e. The van der Waals surface area contributed by atoms with Crippen LogP contribution in [0.3, 0.4) is 0 Å². The molecule has 2 aromatic carbocycles. The van der Waals surface area contributed by atoms with E-state index in [1.165, 1.54) is 0 Å². The second-order valence-electron chi connectivity index (χ2n) is 4.04. The van der Waals surface area contributed by atoms with Gasteiger partial charge in [0.25, 0.3) is 5.91 Å². The second kappa shape index (κ2) is 6.49. The summed E-state index contributed by atoms with van der Waals surface area (Å²) in [6.45, 7) is 0. The van der Waals surface area contributed by atoms with Crippen molar-refractivity contribution in [3.63, 3.8) is 0 Å². The lowest BCUT2D eigenvalue weighted by atomic mass is 10.2. The Hall–Kier alpha value is -1.92. The Balaban J connectivity index is 1.97. The number of nitrogens with two attached hydrogens (primary N) is 1. The van der Waals surface area contributed by atoms with Crippen molar-refractivity contribution in [1.82, 2.24) is 5.32 Å². The van der Waals surface area contributed by atoms with E-state index in [0.717, 1.165) is 10.2 Å². The van der Waals surface area contributed by atoms with Crippen LogP contribution in [-0.4, -0.2) is 11.0 Å². The Kier molecular flexibility index (Phi) is 4.70. The van der Waals surface area contributed by atoms with E-state index in [-0.39, 0.29) is 11.0 Å². The summed E-state index contributed by atoms with van der Waals surface area (Å²) in [5.41, 5.74) is 7.55. The van der Waals surface area contributed by atoms with Crippen molar-refractivity contribution in [2.24, 2.45) is 0 Å². The predicted octanol–water partition coefficient (Wildman–Crippen LogP) is 3.16. The highest BCUT2D eigenvalue weighted by Crippen LogP contribution is 2.12. The zero-order valence-corrected chi connectivity index (χ0v) is 12.8. The summed E-state index contributed by atoms with van der Waals surface area (Å²) in [6, 6.07) is 14.1. The third kappa shape index (κ3) is 4.04. The number of hydrogen-bond acceptors (Lipinski definition) is 3. The van der Waals surface area contributed by atoms with E-state index in [0.29, 0.717) is 11.3 Å². The molecule has 20 heavy (non-hydrogen) atoms. The molecule has 0 unspecified atom stereocenters. The lowest BCUT2D eigenvalue weighted by molar-refractivity contribution is 0.0977. The number of thiocarbonyl (C=S) groups is 1. The minimum atomic E-state index is -0.265. The molecule has 0 bridgehead atoms. The molecule has 102 valence electrons. The molecular weight excluding hydrogens is 338 g/mol. The molecule has 0 aromatic heterocycles. The van der Waals surface area contributed by atoms with Crippen molar-refractivity contribution in [3.05, 3.63) is 58.6 Å². The fraction of sp³-hybridized carbons (Fsp3) is 0. The van der Waals surface area contributed by atoms with Crippen LogP contribution in [0.1, 0.15) is 10.4 Å². The summed E-state index contributed by atoms with van der Waals surface area (Å²) in [5.74, 6) is -0.265. The summed E-state index contributed by atoms with van der Waals surface area (Å²) < 4.78 is 0.836. The minimum absolute atomic E-state index is 0.236. The van der Waals surface area contributed by atoms with E-state index in [4.69, 9.17) is 18.0 Å². The number of nitrogens with one attached hydrogen (secondary N) is 2. The average molecular weight is 350 g/mol. The number of benzene rings is 2. The standard InChI is InChI=1S/C14H12BrN3OS/c15-10-3-1-2-9(8-10)13(19)18-14(20)17-12-6-4-11(16)5-7-12/h1-8H,16H2,(H2,17,18,19,20). The maximum Gasteiger partial charge on any atom is 0.257 e. The molecule has 0 saturated carbocycles. The minimum Gasteiger partial charge on any atom is -0.399 e. The first-order valence-corrected chi connectivity index (χ1v) is 6.98. The van der Waals surface area contributed by atoms with E-state index >= 15 is 0 Å². The third-order valence-electron chi connectivity index (χ3n) is 2.48. The van der Waals surface area contributed by atoms with Crippen LogP contribution in [0.2, 0.25) is 0 Å². The molecule has 0 spiro atoms. The number of carbonyl (C=O) groups is 1. The molecule has 0 atom stereocenters. The number of amides is 1. The van der Waals surface area contributed by atoms with Crippen molar-refractivity contribution in [3.8, 4) is 0 Å². The van der Waals surface area contributed by atoms with E-state index in [9.17, 15) is 4.79 Å². The van der Waals surface area contributed by atoms with E-state index in [1.54, 1.807) is 42.5 Å². The molecule has 4 nitrogen and oxygen atoms in total. The Labute approximate surface area is 130 Å². The number of hydrogen-bond donors (Lipinski definition) is 3. The highest BCUT2D eigenvalue weighted by atomic mass is 79.9. The molecule has 2 rings (SSSR count). The fourth-order valence-electron chi connectivity index (χ4n) is 1.53. The van der Waals surface area contributed by atoms with Crippen LogP contribution in [-0.2, 0) is 0 Å². The summed E-state index contributed by atoms with van der Waals surface area (Å²) in [4.78, 5) is 12.0. The van der Waals surface area contributed by atoms with Crippen LogP contribution in [0, 0.1) is 0 Å². The smallest absolute Gasteiger partial charge is 0.257 e. The third-order valence-corrected chi connectivity index (χ3v) is 3.18. The van der Waals surface area contributed by atoms with Gasteiger partial charge in [-0.15, -0.1) is 0 Å². The Morgan fingerprint density at radius 1 is 1.15 bits per heavy atom. The van der Waals surface area contributed by atoms with E-state index in [1.807, 2.05) is 6.07 Å². The highest BCUT2D eigenvalue weighted by Gasteiger charge is 2.08. The average Bonchev–Trinajstić information content (AvgIpc) is 2.41. The van der Waals surface area contributed by atoms with Gasteiger partial charge < -0.3 is 11.1 Å². The van der Waals surface area contributed by atoms with Gasteiger partial charge in [-0.1, -0.05) is 22.0 Å². The monoisotopic (exact) mass is 349 g/mol. The van der Waals surface area contributed by atoms with Crippen LogP contribution < -0.4 is 16.4 Å². The number of halogens is 1. The van der Waals surface area contributed by atoms with Gasteiger partial charge in [-0.3, -0.25) is 10.1 Å². The lowest BCUT2D eigenvalue weighted by Gasteiger charge is -2.09. The van der Waals surface area contributed by atoms with Crippen LogP contribution in [0.25, 0.3) is 0 Å². The molecule has 1 amide bonds. The molecule has 0 aliphatic heterocycles. The fourth-order valence-corrected chi connectivity index (χ4v) is 2.14. The van der Waals surface area contributed by atoms with Crippen molar-refractivity contribution in [2.45, 2.75) is 0 Å². The maximum atomic E-state index is 12.0. The van der Waals surface area contributed by atoms with Crippen molar-refractivity contribution >= 4 is 50.5 Å². The topological polar surface area (TPSA) is 67.2 Å². The number of anilines is 2. The molecule has 0 radical (unpaired) electrons. The molecule has 0 saturated heterocycles. The van der Waals surface area contributed by atoms with Crippen LogP contribution in [0.4, 0.5) is 11.4 Å². The maximum absolute atomic E-state index is 12.0. The number of carbonyl (C=O) groups excluding carboxylic acids is 1. The zero-order chi connectivity index (χ0) is 14.5. The summed E-state index contributed by atoms with van der Waals surface area (Å²) in [6.07, 6.45) is 0. The van der Waals surface area contributed by atoms with Gasteiger partial charge in [0.2, 0.25) is 0 Å². The molecule has 0 aliphatic rings. The van der Waals surface area contributed by atoms with Gasteiger partial charge in [0, 0.05) is 21.4 Å². The van der Waals surface area contributed by atoms with E-state index in [2.05, 4.69) is 26.6 Å². The van der Waals surface area contributed by atoms with Crippen LogP contribution >= 0.6 is 28.1 Å². The first-order valence-electron chi connectivity index (χ1n) is 5.78. The van der Waals surface area contributed by atoms with Gasteiger partial charge in [0.05, 0.1) is 0 Å². The van der Waals surface area contributed by atoms with Crippen molar-refractivity contribution < 1.29 is 4.79 Å². The van der Waals surface area contributed by atoms with Gasteiger partial charge in [-0.05, 0) is 54.7 Å². The Morgan fingerprint density at radius 3 is 2.50 bits per heavy atom. The Morgan fingerprint density at radius 2 is 1.85 bits per heavy atom. The molecule has 4 N–H and O–H groups in total. The van der Waals surface area contributed by atoms with Crippen LogP contribution in [0.5, 0.6) is 0 Å². The quantitative estimate of drug-likeness (QED) is 0.575. The zero-order valence-electron chi connectivity index (χ0n) is 10.4. The van der Waals surface area contributed by atoms with Crippen molar-refractivity contribution in [1.29, 1.82) is 0 Å². The van der Waals surface area contributed by atoms with Crippen LogP contribution in [0.15, 0.2) is 53.0 Å². The number of rotatable bonds is 2. The molecule has 2 aromatic rings. The molecule has 6 heteroatoms. The summed E-state index contributed by atoms with van der Waals surface area (Å²) in [7, 11) is 0. The highest BCUT2D eigenvalue weighted by molar-refractivity contribution is 9.10. The molecule has 0 fully saturated rings. The lowest BCUT2D eigenvalue weighted by Crippen LogP contribution is -2.34. The first-order chi connectivity index (χ1) is 9.54. The predicted molar refractivity (Wildman–Crippen MR) is 88.7 cm³/mol. The molecule has 0 heterocycles. The molecular formula is C14H12BrN3OS. The summed E-state index contributed by atoms with van der Waals surface area (Å²) in [5, 5.41) is 5.77. The SMILES string of the molecule is Nc1ccc(NC(=S)NC(=O)c2cccc(Br)c2)cc1. The van der Waals surface area contributed by atoms with Gasteiger partial charge in [0.15, 0.2) is 5.11 Å². The Bertz CT molecular complexity index is 643. The van der Waals surface area contributed by atoms with Gasteiger partial charge in [0.1, 0.15) is 0 Å². The second-order valence-corrected chi connectivity index (χ2v) is 5.36. The number of nitrogen functional groups attached to an aromatic ring is 1. The van der Waals surface area contributed by atoms with Gasteiger partial charge in [-0.25, -0.2) is 0 Å². The van der Waals surface area contributed by atoms with Crippen molar-refractivity contribution in [2.75, 3.05) is 11.1 Å². The normalized spacial score (nSPS) is 9.85.